The number of halogens is 1. The molecule has 0 bridgehead atoms. The number of hydrogen-bond acceptors (Lipinski definition) is 8. The maximum absolute atomic E-state index is 14.3. The monoisotopic (exact) mass is 655 g/mol. The van der Waals surface area contributed by atoms with Gasteiger partial charge >= 0.3 is 6.03 Å². The van der Waals surface area contributed by atoms with Gasteiger partial charge in [-0.05, 0) is 66.9 Å². The molecule has 13 heteroatoms. The van der Waals surface area contributed by atoms with Crippen LogP contribution < -0.4 is 11.1 Å². The third-order valence-corrected chi connectivity index (χ3v) is 9.57. The van der Waals surface area contributed by atoms with Gasteiger partial charge in [-0.25, -0.2) is 14.2 Å². The number of para-hydroxylation sites is 1. The van der Waals surface area contributed by atoms with E-state index < -0.39 is 18.2 Å². The summed E-state index contributed by atoms with van der Waals surface area (Å²) in [5, 5.41) is 7.59. The van der Waals surface area contributed by atoms with E-state index in [2.05, 4.69) is 10.3 Å². The molecule has 2 aliphatic rings. The minimum atomic E-state index is -0.799. The maximum Gasteiger partial charge on any atom is 0.332 e. The first-order chi connectivity index (χ1) is 22.7. The van der Waals surface area contributed by atoms with Crippen LogP contribution >= 0.6 is 11.3 Å². The highest BCUT2D eigenvalue weighted by Gasteiger charge is 2.52. The SMILES string of the molecule is CC(C)N(C(=O)NCc1ccc(F)cc1)N1CC(=O)N2[C@@H](Cc3ccc4occc4c3)C(=O)N(Cc3cccc4sc(N)nc34)C[C@@H]21. The van der Waals surface area contributed by atoms with Gasteiger partial charge in [0.1, 0.15) is 23.6 Å². The van der Waals surface area contributed by atoms with Crippen molar-refractivity contribution in [3.8, 4) is 0 Å². The fourth-order valence-corrected chi connectivity index (χ4v) is 7.38. The Balaban J connectivity index is 1.21. The number of rotatable bonds is 8. The minimum Gasteiger partial charge on any atom is -0.464 e. The summed E-state index contributed by atoms with van der Waals surface area (Å²) >= 11 is 1.39. The second-order valence-electron chi connectivity index (χ2n) is 12.2. The number of carbonyl (C=O) groups is 3. The number of furan rings is 1. The highest BCUT2D eigenvalue weighted by atomic mass is 32.1. The number of nitrogen functional groups attached to an aromatic ring is 1. The predicted molar refractivity (Wildman–Crippen MR) is 176 cm³/mol. The molecule has 2 saturated heterocycles. The highest BCUT2D eigenvalue weighted by molar-refractivity contribution is 7.22. The molecule has 2 fully saturated rings. The largest absolute Gasteiger partial charge is 0.464 e. The Hall–Kier alpha value is -5.01. The predicted octanol–water partition coefficient (Wildman–Crippen LogP) is 4.72. The summed E-state index contributed by atoms with van der Waals surface area (Å²) in [5.74, 6) is -0.769. The number of fused-ring (bicyclic) bond motifs is 3. The number of anilines is 1. The third-order valence-electron chi connectivity index (χ3n) is 8.72. The molecule has 0 spiro atoms. The van der Waals surface area contributed by atoms with Crippen LogP contribution in [0.25, 0.3) is 21.2 Å². The molecule has 4 amide bonds. The Morgan fingerprint density at radius 3 is 2.70 bits per heavy atom. The van der Waals surface area contributed by atoms with Crippen LogP contribution in [-0.2, 0) is 29.1 Å². The van der Waals surface area contributed by atoms with Gasteiger partial charge < -0.3 is 25.3 Å². The summed E-state index contributed by atoms with van der Waals surface area (Å²) in [4.78, 5) is 49.8. The number of nitrogens with two attached hydrogens (primary N) is 1. The summed E-state index contributed by atoms with van der Waals surface area (Å²) in [6, 6.07) is 17.8. The fourth-order valence-electron chi connectivity index (χ4n) is 6.59. The van der Waals surface area contributed by atoms with Crippen molar-refractivity contribution in [1.29, 1.82) is 0 Å². The Labute approximate surface area is 274 Å². The number of aromatic nitrogens is 1. The van der Waals surface area contributed by atoms with Crippen molar-refractivity contribution in [2.45, 2.75) is 51.6 Å². The zero-order valence-corrected chi connectivity index (χ0v) is 26.7. The molecule has 242 valence electrons. The number of carbonyl (C=O) groups excluding carboxylic acids is 3. The lowest BCUT2D eigenvalue weighted by Crippen LogP contribution is -2.66. The zero-order valence-electron chi connectivity index (χ0n) is 25.9. The van der Waals surface area contributed by atoms with E-state index >= 15 is 0 Å². The molecule has 3 aromatic carbocycles. The van der Waals surface area contributed by atoms with Gasteiger partial charge in [-0.3, -0.25) is 14.6 Å². The molecule has 0 saturated carbocycles. The molecule has 2 aromatic heterocycles. The quantitative estimate of drug-likeness (QED) is 0.248. The average Bonchev–Trinajstić information content (AvgIpc) is 3.75. The van der Waals surface area contributed by atoms with E-state index in [1.54, 1.807) is 38.2 Å². The molecule has 0 aliphatic carbocycles. The number of hydrogen-bond donors (Lipinski definition) is 2. The summed E-state index contributed by atoms with van der Waals surface area (Å²) in [5.41, 5.74) is 9.99. The molecule has 11 nitrogen and oxygen atoms in total. The number of piperazine rings is 1. The van der Waals surface area contributed by atoms with Gasteiger partial charge in [0.05, 0.1) is 29.6 Å². The lowest BCUT2D eigenvalue weighted by molar-refractivity contribution is -0.158. The van der Waals surface area contributed by atoms with Crippen LogP contribution in [0.15, 0.2) is 77.4 Å². The minimum absolute atomic E-state index is 0.0661. The molecule has 4 heterocycles. The molecule has 2 aliphatic heterocycles. The van der Waals surface area contributed by atoms with Crippen LogP contribution in [0.2, 0.25) is 0 Å². The summed E-state index contributed by atoms with van der Waals surface area (Å²) < 4.78 is 19.9. The van der Waals surface area contributed by atoms with E-state index in [4.69, 9.17) is 10.2 Å². The van der Waals surface area contributed by atoms with E-state index in [0.29, 0.717) is 11.6 Å². The van der Waals surface area contributed by atoms with E-state index in [1.165, 1.54) is 23.5 Å². The van der Waals surface area contributed by atoms with E-state index in [0.717, 1.165) is 37.9 Å². The third kappa shape index (κ3) is 5.87. The molecule has 7 rings (SSSR count). The number of benzene rings is 3. The van der Waals surface area contributed by atoms with Gasteiger partial charge in [-0.1, -0.05) is 41.7 Å². The molecular weight excluding hydrogens is 621 g/mol. The van der Waals surface area contributed by atoms with E-state index in [9.17, 15) is 18.8 Å². The van der Waals surface area contributed by atoms with Crippen LogP contribution in [0, 0.1) is 5.82 Å². The molecule has 47 heavy (non-hydrogen) atoms. The lowest BCUT2D eigenvalue weighted by atomic mass is 9.99. The molecule has 5 aromatic rings. The van der Waals surface area contributed by atoms with Crippen molar-refractivity contribution < 1.29 is 23.2 Å². The Morgan fingerprint density at radius 1 is 1.13 bits per heavy atom. The number of nitrogens with zero attached hydrogens (tertiary/aromatic N) is 5. The Morgan fingerprint density at radius 2 is 1.91 bits per heavy atom. The van der Waals surface area contributed by atoms with Crippen LogP contribution in [-0.4, -0.2) is 74.0 Å². The van der Waals surface area contributed by atoms with Gasteiger partial charge in [0.15, 0.2) is 5.13 Å². The van der Waals surface area contributed by atoms with Gasteiger partial charge in [0, 0.05) is 30.9 Å². The van der Waals surface area contributed by atoms with Gasteiger partial charge in [0.25, 0.3) is 0 Å². The number of amides is 4. The average molecular weight is 656 g/mol. The molecule has 2 atom stereocenters. The van der Waals surface area contributed by atoms with Crippen molar-refractivity contribution in [2.75, 3.05) is 18.8 Å². The normalized spacial score (nSPS) is 18.5. The van der Waals surface area contributed by atoms with Gasteiger partial charge in [-0.15, -0.1) is 0 Å². The van der Waals surface area contributed by atoms with Crippen LogP contribution in [0.4, 0.5) is 14.3 Å². The first kappa shape index (κ1) is 30.6. The molecule has 0 unspecified atom stereocenters. The highest BCUT2D eigenvalue weighted by Crippen LogP contribution is 2.33. The zero-order chi connectivity index (χ0) is 32.8. The number of hydrazine groups is 1. The topological polar surface area (TPSA) is 128 Å². The van der Waals surface area contributed by atoms with Crippen LogP contribution in [0.1, 0.15) is 30.5 Å². The first-order valence-electron chi connectivity index (χ1n) is 15.4. The second-order valence-corrected chi connectivity index (χ2v) is 13.2. The summed E-state index contributed by atoms with van der Waals surface area (Å²) in [6.45, 7) is 4.32. The first-order valence-corrected chi connectivity index (χ1v) is 16.3. The number of nitrogens with one attached hydrogen (secondary N) is 1. The maximum atomic E-state index is 14.3. The molecule has 0 radical (unpaired) electrons. The smallest absolute Gasteiger partial charge is 0.332 e. The van der Waals surface area contributed by atoms with Crippen molar-refractivity contribution in [2.24, 2.45) is 0 Å². The van der Waals surface area contributed by atoms with Crippen molar-refractivity contribution in [3.05, 3.63) is 95.5 Å². The Bertz CT molecular complexity index is 1980. The second kappa shape index (κ2) is 12.3. The van der Waals surface area contributed by atoms with Crippen LogP contribution in [0.5, 0.6) is 0 Å². The summed E-state index contributed by atoms with van der Waals surface area (Å²) in [6.07, 6.45) is 1.31. The van der Waals surface area contributed by atoms with Crippen LogP contribution in [0.3, 0.4) is 0 Å². The molecular formula is C34H34FN7O4S. The fraction of sp³-hybridized carbons (Fsp3) is 0.294. The standard InChI is InChI=1S/C34H34FN7O4S/c1-20(2)42(34(45)37-16-21-6-9-25(35)10-7-21)40-19-30(43)41-26(15-22-8-11-27-23(14-22)12-13-46-27)32(44)39(18-29(40)41)17-24-4-3-5-28-31(24)38-33(36)47-28/h3-14,20,26,29H,15-19H2,1-2H3,(H2,36,38)(H,37,45)/t26-,29+/m0/s1. The van der Waals surface area contributed by atoms with Gasteiger partial charge in [0.2, 0.25) is 11.8 Å². The van der Waals surface area contributed by atoms with Crippen molar-refractivity contribution in [1.82, 2.24) is 30.1 Å². The lowest BCUT2D eigenvalue weighted by Gasteiger charge is -2.47. The Kier molecular flexibility index (Phi) is 8.02. The van der Waals surface area contributed by atoms with E-state index in [1.807, 2.05) is 56.3 Å². The van der Waals surface area contributed by atoms with E-state index in [-0.39, 0.29) is 49.9 Å². The number of urea groups is 1. The van der Waals surface area contributed by atoms with Crippen molar-refractivity contribution >= 4 is 55.5 Å². The number of thiazole rings is 1. The van der Waals surface area contributed by atoms with Gasteiger partial charge in [-0.2, -0.15) is 5.01 Å². The molecule has 3 N–H and O–H groups in total. The summed E-state index contributed by atoms with van der Waals surface area (Å²) in [7, 11) is 0. The van der Waals surface area contributed by atoms with Crippen molar-refractivity contribution in [3.63, 3.8) is 0 Å².